The van der Waals surface area contributed by atoms with Gasteiger partial charge in [-0.2, -0.15) is 0 Å². The number of nitrogens with zero attached hydrogens (tertiary/aromatic N) is 2. The Balaban J connectivity index is 1.38. The first-order valence-electron chi connectivity index (χ1n) is 8.91. The Morgan fingerprint density at radius 1 is 1.16 bits per heavy atom. The fourth-order valence-corrected chi connectivity index (χ4v) is 3.69. The lowest BCUT2D eigenvalue weighted by molar-refractivity contribution is 0.0620. The Bertz CT molecular complexity index is 735. The van der Waals surface area contributed by atoms with E-state index in [2.05, 4.69) is 15.2 Å². The zero-order valence-electron chi connectivity index (χ0n) is 14.4. The molecule has 3 aliphatic rings. The molecule has 1 atom stereocenters. The molecule has 5 heteroatoms. The van der Waals surface area contributed by atoms with Crippen LogP contribution in [-0.4, -0.2) is 41.5 Å². The van der Waals surface area contributed by atoms with E-state index in [-0.39, 0.29) is 11.9 Å². The Morgan fingerprint density at radius 3 is 2.52 bits per heavy atom. The maximum Gasteiger partial charge on any atom is 0.251 e. The van der Waals surface area contributed by atoms with Crippen molar-refractivity contribution in [2.75, 3.05) is 19.6 Å². The predicted molar refractivity (Wildman–Crippen MR) is 95.9 cm³/mol. The SMILES string of the molecule is Cc1ccc(Oc2ccc(C(=O)NC3CN4CCC3CC4)cc2)nc1. The van der Waals surface area contributed by atoms with Gasteiger partial charge in [0.1, 0.15) is 5.75 Å². The molecule has 25 heavy (non-hydrogen) atoms. The minimum Gasteiger partial charge on any atom is -0.439 e. The van der Waals surface area contributed by atoms with E-state index < -0.39 is 0 Å². The number of aromatic nitrogens is 1. The topological polar surface area (TPSA) is 54.5 Å². The van der Waals surface area contributed by atoms with E-state index in [0.29, 0.717) is 23.1 Å². The van der Waals surface area contributed by atoms with Gasteiger partial charge in [0.15, 0.2) is 0 Å². The first-order valence-corrected chi connectivity index (χ1v) is 8.91. The summed E-state index contributed by atoms with van der Waals surface area (Å²) in [5.41, 5.74) is 1.76. The zero-order valence-corrected chi connectivity index (χ0v) is 14.4. The first kappa shape index (κ1) is 16.1. The number of pyridine rings is 1. The fourth-order valence-electron chi connectivity index (χ4n) is 3.69. The van der Waals surface area contributed by atoms with Crippen LogP contribution in [0.5, 0.6) is 11.6 Å². The molecule has 130 valence electrons. The molecule has 1 amide bonds. The van der Waals surface area contributed by atoms with Gasteiger partial charge in [0.25, 0.3) is 5.91 Å². The van der Waals surface area contributed by atoms with Crippen molar-refractivity contribution < 1.29 is 9.53 Å². The molecular formula is C20H23N3O2. The number of aryl methyl sites for hydroxylation is 1. The van der Waals surface area contributed by atoms with E-state index in [1.807, 2.05) is 31.2 Å². The molecule has 2 aromatic rings. The highest BCUT2D eigenvalue weighted by molar-refractivity contribution is 5.94. The smallest absolute Gasteiger partial charge is 0.251 e. The molecule has 0 saturated carbocycles. The highest BCUT2D eigenvalue weighted by atomic mass is 16.5. The molecule has 4 heterocycles. The number of fused-ring (bicyclic) bond motifs is 3. The van der Waals surface area contributed by atoms with Crippen LogP contribution in [0, 0.1) is 12.8 Å². The highest BCUT2D eigenvalue weighted by Crippen LogP contribution is 2.28. The molecule has 2 bridgehead atoms. The zero-order chi connectivity index (χ0) is 17.2. The van der Waals surface area contributed by atoms with Crippen LogP contribution in [-0.2, 0) is 0 Å². The second kappa shape index (κ2) is 6.84. The van der Waals surface area contributed by atoms with E-state index >= 15 is 0 Å². The van der Waals surface area contributed by atoms with Crippen LogP contribution in [0.25, 0.3) is 0 Å². The summed E-state index contributed by atoms with van der Waals surface area (Å²) in [5, 5.41) is 3.21. The lowest BCUT2D eigenvalue weighted by atomic mass is 9.84. The Morgan fingerprint density at radius 2 is 1.92 bits per heavy atom. The second-order valence-corrected chi connectivity index (χ2v) is 7.02. The van der Waals surface area contributed by atoms with E-state index in [1.165, 1.54) is 25.9 Å². The monoisotopic (exact) mass is 337 g/mol. The van der Waals surface area contributed by atoms with Crippen LogP contribution in [0.3, 0.4) is 0 Å². The van der Waals surface area contributed by atoms with Crippen molar-refractivity contribution in [1.29, 1.82) is 0 Å². The summed E-state index contributed by atoms with van der Waals surface area (Å²) in [6, 6.07) is 11.3. The number of amides is 1. The lowest BCUT2D eigenvalue weighted by Crippen LogP contribution is -2.57. The maximum atomic E-state index is 12.5. The summed E-state index contributed by atoms with van der Waals surface area (Å²) < 4.78 is 5.71. The molecular weight excluding hydrogens is 314 g/mol. The normalized spacial score (nSPS) is 24.8. The van der Waals surface area contributed by atoms with E-state index in [4.69, 9.17) is 4.74 Å². The van der Waals surface area contributed by atoms with E-state index in [0.717, 1.165) is 12.1 Å². The van der Waals surface area contributed by atoms with Gasteiger partial charge in [-0.15, -0.1) is 0 Å². The van der Waals surface area contributed by atoms with Crippen molar-refractivity contribution >= 4 is 5.91 Å². The standard InChI is InChI=1S/C20H23N3O2/c1-14-2-7-19(21-12-14)25-17-5-3-16(4-6-17)20(24)22-18-13-23-10-8-15(18)9-11-23/h2-7,12,15,18H,8-11,13H2,1H3,(H,22,24). The molecule has 0 spiro atoms. The van der Waals surface area contributed by atoms with Crippen LogP contribution < -0.4 is 10.1 Å². The van der Waals surface area contributed by atoms with Gasteiger partial charge in [0.05, 0.1) is 0 Å². The average molecular weight is 337 g/mol. The van der Waals surface area contributed by atoms with Gasteiger partial charge < -0.3 is 15.0 Å². The third-order valence-electron chi connectivity index (χ3n) is 5.20. The van der Waals surface area contributed by atoms with Gasteiger partial charge in [0.2, 0.25) is 5.88 Å². The minimum atomic E-state index is -0.00115. The third-order valence-corrected chi connectivity index (χ3v) is 5.20. The Hall–Kier alpha value is -2.40. The van der Waals surface area contributed by atoms with Gasteiger partial charge in [-0.25, -0.2) is 4.98 Å². The van der Waals surface area contributed by atoms with Gasteiger partial charge in [-0.05, 0) is 68.6 Å². The summed E-state index contributed by atoms with van der Waals surface area (Å²) in [5.74, 6) is 1.86. The molecule has 3 aliphatic heterocycles. The van der Waals surface area contributed by atoms with Crippen molar-refractivity contribution in [3.8, 4) is 11.6 Å². The molecule has 5 nitrogen and oxygen atoms in total. The van der Waals surface area contributed by atoms with Crippen molar-refractivity contribution in [1.82, 2.24) is 15.2 Å². The van der Waals surface area contributed by atoms with Crippen LogP contribution in [0.4, 0.5) is 0 Å². The number of carbonyl (C=O) groups excluding carboxylic acids is 1. The molecule has 3 saturated heterocycles. The highest BCUT2D eigenvalue weighted by Gasteiger charge is 2.34. The summed E-state index contributed by atoms with van der Waals surface area (Å²) in [4.78, 5) is 19.2. The third kappa shape index (κ3) is 3.66. The second-order valence-electron chi connectivity index (χ2n) is 7.02. The number of piperidine rings is 3. The van der Waals surface area contributed by atoms with Gasteiger partial charge in [-0.1, -0.05) is 6.07 Å². The Kier molecular flexibility index (Phi) is 4.40. The number of hydrogen-bond donors (Lipinski definition) is 1. The van der Waals surface area contributed by atoms with Gasteiger partial charge in [-0.3, -0.25) is 4.79 Å². The van der Waals surface area contributed by atoms with Crippen LogP contribution in [0.1, 0.15) is 28.8 Å². The number of rotatable bonds is 4. The van der Waals surface area contributed by atoms with Crippen molar-refractivity contribution in [2.45, 2.75) is 25.8 Å². The maximum absolute atomic E-state index is 12.5. The van der Waals surface area contributed by atoms with Crippen molar-refractivity contribution in [3.05, 3.63) is 53.7 Å². The molecule has 0 radical (unpaired) electrons. The minimum absolute atomic E-state index is 0.00115. The molecule has 1 aromatic carbocycles. The predicted octanol–water partition coefficient (Wildman–Crippen LogP) is 3.01. The molecule has 0 aliphatic carbocycles. The molecule has 1 aromatic heterocycles. The Labute approximate surface area is 148 Å². The van der Waals surface area contributed by atoms with Gasteiger partial charge in [0, 0.05) is 30.4 Å². The fraction of sp³-hybridized carbons (Fsp3) is 0.400. The number of ether oxygens (including phenoxy) is 1. The van der Waals surface area contributed by atoms with Crippen molar-refractivity contribution in [2.24, 2.45) is 5.92 Å². The quantitative estimate of drug-likeness (QED) is 0.932. The number of carbonyl (C=O) groups is 1. The van der Waals surface area contributed by atoms with Crippen LogP contribution in [0.2, 0.25) is 0 Å². The van der Waals surface area contributed by atoms with E-state index in [1.54, 1.807) is 18.3 Å². The molecule has 1 unspecified atom stereocenters. The molecule has 3 fully saturated rings. The number of hydrogen-bond acceptors (Lipinski definition) is 4. The summed E-state index contributed by atoms with van der Waals surface area (Å²) in [6.45, 7) is 5.32. The number of benzene rings is 1. The van der Waals surface area contributed by atoms with Crippen LogP contribution >= 0.6 is 0 Å². The van der Waals surface area contributed by atoms with Crippen molar-refractivity contribution in [3.63, 3.8) is 0 Å². The number of nitrogens with one attached hydrogen (secondary N) is 1. The average Bonchev–Trinajstić information content (AvgIpc) is 2.65. The summed E-state index contributed by atoms with van der Waals surface area (Å²) >= 11 is 0. The van der Waals surface area contributed by atoms with Crippen LogP contribution in [0.15, 0.2) is 42.6 Å². The summed E-state index contributed by atoms with van der Waals surface area (Å²) in [6.07, 6.45) is 4.16. The molecule has 5 rings (SSSR count). The largest absolute Gasteiger partial charge is 0.439 e. The summed E-state index contributed by atoms with van der Waals surface area (Å²) in [7, 11) is 0. The van der Waals surface area contributed by atoms with Gasteiger partial charge >= 0.3 is 0 Å². The van der Waals surface area contributed by atoms with E-state index in [9.17, 15) is 4.79 Å². The lowest BCUT2D eigenvalue weighted by Gasteiger charge is -2.44. The molecule has 1 N–H and O–H groups in total. The first-order chi connectivity index (χ1) is 12.2.